The van der Waals surface area contributed by atoms with E-state index in [0.29, 0.717) is 12.2 Å². The van der Waals surface area contributed by atoms with E-state index in [4.69, 9.17) is 14.8 Å². The first kappa shape index (κ1) is 22.1. The summed E-state index contributed by atoms with van der Waals surface area (Å²) < 4.78 is 7.74. The van der Waals surface area contributed by atoms with E-state index in [1.165, 1.54) is 10.8 Å². The Morgan fingerprint density at radius 3 is 2.34 bits per heavy atom. The van der Waals surface area contributed by atoms with Crippen LogP contribution in [0, 0.1) is 11.3 Å². The van der Waals surface area contributed by atoms with Gasteiger partial charge >= 0.3 is 0 Å². The zero-order valence-electron chi connectivity index (χ0n) is 17.0. The summed E-state index contributed by atoms with van der Waals surface area (Å²) in [4.78, 5) is 5.38. The van der Waals surface area contributed by atoms with E-state index in [-0.39, 0.29) is 6.61 Å². The Hall–Kier alpha value is -3.14. The fraction of sp³-hybridized carbons (Fsp3) is 0.0769. The van der Waals surface area contributed by atoms with Gasteiger partial charge in [-0.25, -0.2) is 0 Å². The van der Waals surface area contributed by atoms with Crippen molar-refractivity contribution in [2.45, 2.75) is 13.2 Å². The quantitative estimate of drug-likeness (QED) is 0.179. The highest BCUT2D eigenvalue weighted by molar-refractivity contribution is 9.11. The molecule has 0 heterocycles. The molecule has 0 bridgehead atoms. The molecule has 0 N–H and O–H groups in total. The number of hydrogen-bond acceptors (Lipinski definition) is 4. The molecular formula is C26H18Br2N2O2. The minimum absolute atomic E-state index is 0.231. The summed E-state index contributed by atoms with van der Waals surface area (Å²) in [5.41, 5.74) is 3.35. The zero-order valence-corrected chi connectivity index (χ0v) is 20.1. The third kappa shape index (κ3) is 5.18. The van der Waals surface area contributed by atoms with Crippen LogP contribution in [0.25, 0.3) is 10.8 Å². The predicted octanol–water partition coefficient (Wildman–Crippen LogP) is 7.37. The van der Waals surface area contributed by atoms with E-state index in [1.54, 1.807) is 12.3 Å². The molecule has 0 aromatic heterocycles. The number of halogens is 2. The molecule has 0 amide bonds. The van der Waals surface area contributed by atoms with Crippen LogP contribution in [-0.4, -0.2) is 6.21 Å². The molecule has 0 saturated carbocycles. The zero-order chi connectivity index (χ0) is 22.3. The lowest BCUT2D eigenvalue weighted by Crippen LogP contribution is -1.99. The molecule has 0 unspecified atom stereocenters. The van der Waals surface area contributed by atoms with E-state index in [0.717, 1.165) is 31.4 Å². The molecule has 0 atom stereocenters. The molecule has 0 aliphatic rings. The van der Waals surface area contributed by atoms with E-state index >= 15 is 0 Å². The smallest absolute Gasteiger partial charge is 0.148 e. The predicted molar refractivity (Wildman–Crippen MR) is 134 cm³/mol. The Bertz CT molecular complexity index is 1300. The van der Waals surface area contributed by atoms with Gasteiger partial charge in [-0.3, -0.25) is 0 Å². The molecule has 0 aliphatic heterocycles. The summed E-state index contributed by atoms with van der Waals surface area (Å²) >= 11 is 7.18. The van der Waals surface area contributed by atoms with Crippen molar-refractivity contribution in [1.29, 1.82) is 5.26 Å². The molecular weight excluding hydrogens is 532 g/mol. The number of hydrogen-bond donors (Lipinski definition) is 0. The van der Waals surface area contributed by atoms with Gasteiger partial charge in [-0.1, -0.05) is 65.8 Å². The molecule has 4 rings (SSSR count). The van der Waals surface area contributed by atoms with E-state index < -0.39 is 0 Å². The Morgan fingerprint density at radius 2 is 1.53 bits per heavy atom. The van der Waals surface area contributed by atoms with Crippen molar-refractivity contribution in [2.75, 3.05) is 0 Å². The lowest BCUT2D eigenvalue weighted by molar-refractivity contribution is 0.132. The topological polar surface area (TPSA) is 54.6 Å². The molecule has 0 saturated heterocycles. The molecule has 0 fully saturated rings. The summed E-state index contributed by atoms with van der Waals surface area (Å²) in [5, 5.41) is 15.5. The first-order valence-electron chi connectivity index (χ1n) is 9.87. The third-order valence-corrected chi connectivity index (χ3v) is 6.08. The van der Waals surface area contributed by atoms with Gasteiger partial charge in [0, 0.05) is 5.56 Å². The molecule has 0 spiro atoms. The number of rotatable bonds is 7. The Kier molecular flexibility index (Phi) is 7.21. The van der Waals surface area contributed by atoms with Crippen LogP contribution in [0.4, 0.5) is 0 Å². The van der Waals surface area contributed by atoms with Crippen molar-refractivity contribution in [2.24, 2.45) is 5.16 Å². The number of nitrogens with zero attached hydrogens (tertiary/aromatic N) is 2. The van der Waals surface area contributed by atoms with Crippen LogP contribution in [0.15, 0.2) is 93.0 Å². The van der Waals surface area contributed by atoms with Gasteiger partial charge in [0.1, 0.15) is 19.0 Å². The van der Waals surface area contributed by atoms with Crippen LogP contribution in [-0.2, 0) is 18.1 Å². The lowest BCUT2D eigenvalue weighted by atomic mass is 10.1. The largest absolute Gasteiger partial charge is 0.487 e. The minimum Gasteiger partial charge on any atom is -0.487 e. The van der Waals surface area contributed by atoms with Crippen molar-refractivity contribution < 1.29 is 9.57 Å². The minimum atomic E-state index is 0.231. The fourth-order valence-corrected chi connectivity index (χ4v) is 4.77. The summed E-state index contributed by atoms with van der Waals surface area (Å²) in [6.07, 6.45) is 1.62. The second-order valence-corrected chi connectivity index (χ2v) is 8.73. The van der Waals surface area contributed by atoms with Crippen molar-refractivity contribution in [1.82, 2.24) is 0 Å². The van der Waals surface area contributed by atoms with Crippen LogP contribution in [0.3, 0.4) is 0 Å². The molecule has 0 radical (unpaired) electrons. The first-order valence-corrected chi connectivity index (χ1v) is 11.5. The SMILES string of the molecule is N#Cc1ccccc1CO/N=C\c1cc(Br)c(OCc2cccc3ccccc23)c(Br)c1. The average Bonchev–Trinajstić information content (AvgIpc) is 2.81. The van der Waals surface area contributed by atoms with E-state index in [2.05, 4.69) is 67.4 Å². The van der Waals surface area contributed by atoms with Gasteiger partial charge < -0.3 is 9.57 Å². The Labute approximate surface area is 203 Å². The summed E-state index contributed by atoms with van der Waals surface area (Å²) in [6.45, 7) is 0.683. The van der Waals surface area contributed by atoms with Crippen molar-refractivity contribution in [3.8, 4) is 11.8 Å². The second kappa shape index (κ2) is 10.4. The number of benzene rings is 4. The second-order valence-electron chi connectivity index (χ2n) is 7.02. The molecule has 4 nitrogen and oxygen atoms in total. The summed E-state index contributed by atoms with van der Waals surface area (Å²) in [6, 6.07) is 27.8. The average molecular weight is 550 g/mol. The summed E-state index contributed by atoms with van der Waals surface area (Å²) in [5.74, 6) is 0.721. The van der Waals surface area contributed by atoms with Gasteiger partial charge in [-0.2, -0.15) is 5.26 Å². The number of ether oxygens (including phenoxy) is 1. The fourth-order valence-electron chi connectivity index (χ4n) is 3.32. The van der Waals surface area contributed by atoms with Gasteiger partial charge in [0.15, 0.2) is 0 Å². The van der Waals surface area contributed by atoms with Crippen LogP contribution < -0.4 is 4.74 Å². The van der Waals surface area contributed by atoms with Gasteiger partial charge in [0.2, 0.25) is 0 Å². The highest BCUT2D eigenvalue weighted by Gasteiger charge is 2.10. The van der Waals surface area contributed by atoms with Crippen LogP contribution in [0.5, 0.6) is 5.75 Å². The first-order chi connectivity index (χ1) is 15.7. The highest BCUT2D eigenvalue weighted by atomic mass is 79.9. The number of oxime groups is 1. The monoisotopic (exact) mass is 548 g/mol. The normalized spacial score (nSPS) is 10.9. The van der Waals surface area contributed by atoms with Gasteiger partial charge in [-0.15, -0.1) is 0 Å². The maximum Gasteiger partial charge on any atom is 0.148 e. The van der Waals surface area contributed by atoms with E-state index in [9.17, 15) is 0 Å². The van der Waals surface area contributed by atoms with Crippen molar-refractivity contribution in [3.63, 3.8) is 0 Å². The summed E-state index contributed by atoms with van der Waals surface area (Å²) in [7, 11) is 0. The molecule has 4 aromatic rings. The van der Waals surface area contributed by atoms with E-state index in [1.807, 2.05) is 48.5 Å². The van der Waals surface area contributed by atoms with Gasteiger partial charge in [0.05, 0.1) is 26.8 Å². The molecule has 4 aromatic carbocycles. The maximum absolute atomic E-state index is 9.14. The van der Waals surface area contributed by atoms with Crippen molar-refractivity contribution >= 4 is 48.8 Å². The molecule has 32 heavy (non-hydrogen) atoms. The third-order valence-electron chi connectivity index (χ3n) is 4.91. The number of nitriles is 1. The lowest BCUT2D eigenvalue weighted by Gasteiger charge is -2.13. The Balaban J connectivity index is 1.43. The van der Waals surface area contributed by atoms with Gasteiger partial charge in [0.25, 0.3) is 0 Å². The highest BCUT2D eigenvalue weighted by Crippen LogP contribution is 2.35. The molecule has 158 valence electrons. The molecule has 6 heteroatoms. The molecule has 0 aliphatic carbocycles. The van der Waals surface area contributed by atoms with Crippen LogP contribution in [0.1, 0.15) is 22.3 Å². The van der Waals surface area contributed by atoms with Crippen LogP contribution in [0.2, 0.25) is 0 Å². The van der Waals surface area contributed by atoms with Crippen molar-refractivity contribution in [3.05, 3.63) is 110 Å². The Morgan fingerprint density at radius 1 is 0.844 bits per heavy atom. The van der Waals surface area contributed by atoms with Crippen LogP contribution >= 0.6 is 31.9 Å². The standard InChI is InChI=1S/C26H18Br2N2O2/c27-24-12-18(15-30-32-17-21-8-2-1-7-20(21)14-29)13-25(28)26(24)31-16-22-10-5-9-19-6-3-4-11-23(19)22/h1-13,15H,16-17H2/b30-15-. The number of fused-ring (bicyclic) bond motifs is 1. The van der Waals surface area contributed by atoms with Gasteiger partial charge in [-0.05, 0) is 72.0 Å². The maximum atomic E-state index is 9.14.